The van der Waals surface area contributed by atoms with Gasteiger partial charge < -0.3 is 10.2 Å². The van der Waals surface area contributed by atoms with Crippen LogP contribution in [0.2, 0.25) is 0 Å². The number of carbonyl (C=O) groups excluding carboxylic acids is 2. The first-order valence-electron chi connectivity index (χ1n) is 8.56. The molecule has 0 saturated heterocycles. The Morgan fingerprint density at radius 3 is 2.38 bits per heavy atom. The van der Waals surface area contributed by atoms with Gasteiger partial charge in [0.15, 0.2) is 0 Å². The molecule has 26 heavy (non-hydrogen) atoms. The van der Waals surface area contributed by atoms with E-state index < -0.39 is 23.0 Å². The number of nitrogens with one attached hydrogen (secondary N) is 1. The van der Waals surface area contributed by atoms with Crippen molar-refractivity contribution in [2.45, 2.75) is 26.3 Å². The van der Waals surface area contributed by atoms with Gasteiger partial charge in [0, 0.05) is 19.2 Å². The molecule has 0 aliphatic heterocycles. The van der Waals surface area contributed by atoms with Crippen LogP contribution in [-0.4, -0.2) is 23.3 Å². The number of nitrogens with zero attached hydrogens (tertiary/aromatic N) is 1. The molecule has 1 aliphatic carbocycles. The lowest BCUT2D eigenvalue weighted by Crippen LogP contribution is -2.42. The van der Waals surface area contributed by atoms with Crippen LogP contribution in [0.1, 0.15) is 25.3 Å². The van der Waals surface area contributed by atoms with Gasteiger partial charge in [-0.2, -0.15) is 0 Å². The van der Waals surface area contributed by atoms with Crippen molar-refractivity contribution in [3.05, 3.63) is 65.7 Å². The van der Waals surface area contributed by atoms with Crippen molar-refractivity contribution in [1.29, 1.82) is 0 Å². The van der Waals surface area contributed by atoms with E-state index in [1.54, 1.807) is 4.90 Å². The van der Waals surface area contributed by atoms with Crippen LogP contribution >= 0.6 is 0 Å². The second-order valence-corrected chi connectivity index (χ2v) is 6.47. The summed E-state index contributed by atoms with van der Waals surface area (Å²) in [5, 5.41) is 2.44. The smallest absolute Gasteiger partial charge is 0.240 e. The predicted octanol–water partition coefficient (Wildman–Crippen LogP) is 3.73. The highest BCUT2D eigenvalue weighted by molar-refractivity contribution is 6.13. The molecule has 1 N–H and O–H groups in total. The summed E-state index contributed by atoms with van der Waals surface area (Å²) < 4.78 is 26.8. The van der Waals surface area contributed by atoms with Gasteiger partial charge in [0.25, 0.3) is 0 Å². The van der Waals surface area contributed by atoms with Crippen LogP contribution in [0.25, 0.3) is 0 Å². The van der Waals surface area contributed by atoms with Crippen molar-refractivity contribution < 1.29 is 18.4 Å². The summed E-state index contributed by atoms with van der Waals surface area (Å²) in [6.07, 6.45) is 0.845. The maximum absolute atomic E-state index is 13.8. The molecule has 0 atom stereocenters. The zero-order valence-electron chi connectivity index (χ0n) is 14.5. The van der Waals surface area contributed by atoms with E-state index in [9.17, 15) is 18.4 Å². The van der Waals surface area contributed by atoms with Crippen LogP contribution in [0.3, 0.4) is 0 Å². The molecule has 0 heterocycles. The zero-order chi connectivity index (χ0) is 18.7. The van der Waals surface area contributed by atoms with Gasteiger partial charge in [-0.1, -0.05) is 30.3 Å². The number of rotatable bonds is 6. The van der Waals surface area contributed by atoms with Crippen molar-refractivity contribution in [2.75, 3.05) is 11.9 Å². The van der Waals surface area contributed by atoms with Gasteiger partial charge in [-0.25, -0.2) is 8.78 Å². The average Bonchev–Trinajstić information content (AvgIpc) is 3.44. The van der Waals surface area contributed by atoms with E-state index in [4.69, 9.17) is 0 Å². The van der Waals surface area contributed by atoms with Crippen LogP contribution in [0, 0.1) is 17.0 Å². The summed E-state index contributed by atoms with van der Waals surface area (Å²) in [4.78, 5) is 27.2. The number of hydrogen-bond acceptors (Lipinski definition) is 2. The first-order valence-corrected chi connectivity index (χ1v) is 8.56. The predicted molar refractivity (Wildman–Crippen MR) is 94.2 cm³/mol. The first kappa shape index (κ1) is 18.0. The molecule has 0 spiro atoms. The number of benzene rings is 2. The number of carbonyl (C=O) groups is 2. The van der Waals surface area contributed by atoms with Gasteiger partial charge in [-0.05, 0) is 37.5 Å². The number of halogens is 2. The second kappa shape index (κ2) is 7.23. The monoisotopic (exact) mass is 358 g/mol. The Kier molecular flexibility index (Phi) is 5.02. The summed E-state index contributed by atoms with van der Waals surface area (Å²) in [6, 6.07) is 12.4. The van der Waals surface area contributed by atoms with E-state index in [2.05, 4.69) is 5.32 Å². The van der Waals surface area contributed by atoms with E-state index in [1.807, 2.05) is 37.3 Å². The Hall–Kier alpha value is -2.76. The molecule has 2 aromatic carbocycles. The quantitative estimate of drug-likeness (QED) is 0.800. The molecule has 2 aromatic rings. The highest BCUT2D eigenvalue weighted by Gasteiger charge is 2.58. The fourth-order valence-electron chi connectivity index (χ4n) is 2.93. The Balaban J connectivity index is 1.73. The van der Waals surface area contributed by atoms with Gasteiger partial charge in [0.1, 0.15) is 17.0 Å². The van der Waals surface area contributed by atoms with E-state index in [1.165, 1.54) is 0 Å². The maximum Gasteiger partial charge on any atom is 0.240 e. The number of hydrogen-bond donors (Lipinski definition) is 1. The topological polar surface area (TPSA) is 49.4 Å². The highest BCUT2D eigenvalue weighted by atomic mass is 19.1. The highest BCUT2D eigenvalue weighted by Crippen LogP contribution is 2.48. The standard InChI is InChI=1S/C20H20F2N2O2/c1-2-24(13-14-6-4-3-5-7-14)19(26)20(10-11-20)18(25)23-17-9-8-15(21)12-16(17)22/h3-9,12H,2,10-11,13H2,1H3,(H,23,25). The first-order chi connectivity index (χ1) is 12.5. The van der Waals surface area contributed by atoms with Gasteiger partial charge in [0.2, 0.25) is 11.8 Å². The molecule has 0 unspecified atom stereocenters. The Bertz CT molecular complexity index is 820. The number of amides is 2. The summed E-state index contributed by atoms with van der Waals surface area (Å²) in [6.45, 7) is 2.73. The molecule has 0 bridgehead atoms. The van der Waals surface area contributed by atoms with Crippen LogP contribution in [-0.2, 0) is 16.1 Å². The van der Waals surface area contributed by atoms with Gasteiger partial charge in [-0.3, -0.25) is 9.59 Å². The third kappa shape index (κ3) is 3.59. The van der Waals surface area contributed by atoms with Crippen LogP contribution in [0.15, 0.2) is 48.5 Å². The van der Waals surface area contributed by atoms with E-state index in [0.29, 0.717) is 32.0 Å². The fourth-order valence-corrected chi connectivity index (χ4v) is 2.93. The van der Waals surface area contributed by atoms with E-state index in [0.717, 1.165) is 17.7 Å². The third-order valence-corrected chi connectivity index (χ3v) is 4.66. The van der Waals surface area contributed by atoms with Crippen molar-refractivity contribution >= 4 is 17.5 Å². The van der Waals surface area contributed by atoms with Gasteiger partial charge in [-0.15, -0.1) is 0 Å². The Morgan fingerprint density at radius 1 is 1.12 bits per heavy atom. The molecule has 0 radical (unpaired) electrons. The van der Waals surface area contributed by atoms with Crippen LogP contribution in [0.4, 0.5) is 14.5 Å². The largest absolute Gasteiger partial charge is 0.338 e. The van der Waals surface area contributed by atoms with Gasteiger partial charge in [0.05, 0.1) is 5.69 Å². The third-order valence-electron chi connectivity index (χ3n) is 4.66. The second-order valence-electron chi connectivity index (χ2n) is 6.47. The lowest BCUT2D eigenvalue weighted by molar-refractivity contribution is -0.142. The summed E-state index contributed by atoms with van der Waals surface area (Å²) in [5.41, 5.74) is -0.309. The average molecular weight is 358 g/mol. The van der Waals surface area contributed by atoms with Crippen molar-refractivity contribution in [1.82, 2.24) is 4.90 Å². The van der Waals surface area contributed by atoms with Crippen LogP contribution in [0.5, 0.6) is 0 Å². The minimum absolute atomic E-state index is 0.124. The lowest BCUT2D eigenvalue weighted by atomic mass is 10.0. The molecule has 136 valence electrons. The summed E-state index contributed by atoms with van der Waals surface area (Å²) >= 11 is 0. The summed E-state index contributed by atoms with van der Waals surface area (Å²) in [7, 11) is 0. The Labute approximate surface area is 150 Å². The molecule has 3 rings (SSSR count). The SMILES string of the molecule is CCN(Cc1ccccc1)C(=O)C1(C(=O)Nc2ccc(F)cc2F)CC1. The van der Waals surface area contributed by atoms with Crippen molar-refractivity contribution in [2.24, 2.45) is 5.41 Å². The van der Waals surface area contributed by atoms with E-state index in [-0.39, 0.29) is 11.6 Å². The summed E-state index contributed by atoms with van der Waals surface area (Å²) in [5.74, 6) is -2.39. The van der Waals surface area contributed by atoms with E-state index >= 15 is 0 Å². The molecule has 1 saturated carbocycles. The molecule has 2 amide bonds. The number of anilines is 1. The van der Waals surface area contributed by atoms with Crippen LogP contribution < -0.4 is 5.32 Å². The molecule has 1 aliphatic rings. The molecule has 0 aromatic heterocycles. The zero-order valence-corrected chi connectivity index (χ0v) is 14.5. The molecular formula is C20H20F2N2O2. The molecule has 6 heteroatoms. The van der Waals surface area contributed by atoms with Gasteiger partial charge >= 0.3 is 0 Å². The maximum atomic E-state index is 13.8. The minimum Gasteiger partial charge on any atom is -0.338 e. The fraction of sp³-hybridized carbons (Fsp3) is 0.300. The minimum atomic E-state index is -1.16. The van der Waals surface area contributed by atoms with Crippen molar-refractivity contribution in [3.63, 3.8) is 0 Å². The molecule has 4 nitrogen and oxygen atoms in total. The van der Waals surface area contributed by atoms with Crippen molar-refractivity contribution in [3.8, 4) is 0 Å². The molecule has 1 fully saturated rings. The lowest BCUT2D eigenvalue weighted by Gasteiger charge is -2.26. The normalized spacial score (nSPS) is 14.6. The Morgan fingerprint density at radius 2 is 1.81 bits per heavy atom. The molecular weight excluding hydrogens is 338 g/mol.